The van der Waals surface area contributed by atoms with Gasteiger partial charge in [0.25, 0.3) is 0 Å². The smallest absolute Gasteiger partial charge is 0.243 e. The van der Waals surface area contributed by atoms with Crippen LogP contribution in [0.1, 0.15) is 18.4 Å². The number of hydrogen-bond acceptors (Lipinski definition) is 2. The molecule has 1 fully saturated rings. The Morgan fingerprint density at radius 3 is 2.76 bits per heavy atom. The fourth-order valence-corrected chi connectivity index (χ4v) is 2.26. The van der Waals surface area contributed by atoms with Crippen LogP contribution in [0.5, 0.6) is 0 Å². The molecule has 17 heavy (non-hydrogen) atoms. The van der Waals surface area contributed by atoms with E-state index >= 15 is 0 Å². The first-order chi connectivity index (χ1) is 8.15. The Hall–Kier alpha value is -1.61. The van der Waals surface area contributed by atoms with Crippen molar-refractivity contribution in [3.8, 4) is 0 Å². The number of amides is 1. The topological polar surface area (TPSA) is 46.3 Å². The molecule has 3 heteroatoms. The first-order valence-electron chi connectivity index (χ1n) is 5.89. The molecule has 0 bridgehead atoms. The summed E-state index contributed by atoms with van der Waals surface area (Å²) in [7, 11) is 0. The quantitative estimate of drug-likeness (QED) is 0.800. The number of likely N-dealkylation sites (tertiary alicyclic amines) is 1. The molecule has 1 heterocycles. The maximum absolute atomic E-state index is 12.2. The molecule has 1 aliphatic rings. The molecular weight excluding hydrogens is 212 g/mol. The molecule has 0 aliphatic carbocycles. The van der Waals surface area contributed by atoms with Gasteiger partial charge >= 0.3 is 0 Å². The third-order valence-electron chi connectivity index (χ3n) is 3.27. The van der Waals surface area contributed by atoms with E-state index in [1.165, 1.54) is 0 Å². The summed E-state index contributed by atoms with van der Waals surface area (Å²) in [6.45, 7) is 5.04. The van der Waals surface area contributed by atoms with Crippen LogP contribution in [0.15, 0.2) is 43.0 Å². The van der Waals surface area contributed by atoms with Crippen molar-refractivity contribution in [1.82, 2.24) is 4.90 Å². The molecule has 2 rings (SSSR count). The lowest BCUT2D eigenvalue weighted by Gasteiger charge is -2.22. The monoisotopic (exact) mass is 230 g/mol. The molecule has 1 unspecified atom stereocenters. The van der Waals surface area contributed by atoms with Crippen LogP contribution >= 0.6 is 0 Å². The van der Waals surface area contributed by atoms with Gasteiger partial charge in [0, 0.05) is 13.1 Å². The van der Waals surface area contributed by atoms with Crippen LogP contribution in [-0.2, 0) is 11.3 Å². The highest BCUT2D eigenvalue weighted by Gasteiger charge is 2.42. The van der Waals surface area contributed by atoms with Crippen molar-refractivity contribution in [1.29, 1.82) is 0 Å². The van der Waals surface area contributed by atoms with Gasteiger partial charge in [0.15, 0.2) is 0 Å². The Morgan fingerprint density at radius 1 is 1.41 bits per heavy atom. The summed E-state index contributed by atoms with van der Waals surface area (Å²) in [5, 5.41) is 0. The average Bonchev–Trinajstić information content (AvgIpc) is 2.60. The number of carbonyl (C=O) groups is 1. The molecule has 2 N–H and O–H groups in total. The highest BCUT2D eigenvalue weighted by molar-refractivity contribution is 5.88. The predicted octanol–water partition coefficient (Wildman–Crippen LogP) is 1.69. The van der Waals surface area contributed by atoms with E-state index in [0.717, 1.165) is 12.1 Å². The van der Waals surface area contributed by atoms with Crippen molar-refractivity contribution in [2.45, 2.75) is 24.9 Å². The van der Waals surface area contributed by atoms with Gasteiger partial charge in [-0.2, -0.15) is 0 Å². The number of carbonyl (C=O) groups excluding carboxylic acids is 1. The Morgan fingerprint density at radius 2 is 2.12 bits per heavy atom. The summed E-state index contributed by atoms with van der Waals surface area (Å²) in [5.41, 5.74) is 6.51. The Balaban J connectivity index is 2.06. The van der Waals surface area contributed by atoms with Crippen LogP contribution in [0.2, 0.25) is 0 Å². The van der Waals surface area contributed by atoms with Crippen molar-refractivity contribution in [3.63, 3.8) is 0 Å². The number of hydrogen-bond donors (Lipinski definition) is 1. The van der Waals surface area contributed by atoms with Gasteiger partial charge in [-0.25, -0.2) is 0 Å². The van der Waals surface area contributed by atoms with Crippen molar-refractivity contribution in [3.05, 3.63) is 48.6 Å². The lowest BCUT2D eigenvalue weighted by atomic mass is 9.95. The minimum absolute atomic E-state index is 0.0428. The van der Waals surface area contributed by atoms with E-state index in [2.05, 4.69) is 6.58 Å². The third kappa shape index (κ3) is 2.39. The molecule has 3 nitrogen and oxygen atoms in total. The van der Waals surface area contributed by atoms with Crippen LogP contribution < -0.4 is 5.73 Å². The molecule has 0 aromatic heterocycles. The standard InChI is InChI=1S/C14H18N2O/c1-2-8-14(15)9-10-16(13(14)17)11-12-6-4-3-5-7-12/h2-7H,1,8-11,15H2. The van der Waals surface area contributed by atoms with Gasteiger partial charge in [-0.3, -0.25) is 4.79 Å². The van der Waals surface area contributed by atoms with Gasteiger partial charge in [0.2, 0.25) is 5.91 Å². The summed E-state index contributed by atoms with van der Waals surface area (Å²) < 4.78 is 0. The van der Waals surface area contributed by atoms with Crippen LogP contribution in [0.4, 0.5) is 0 Å². The minimum Gasteiger partial charge on any atom is -0.337 e. The van der Waals surface area contributed by atoms with E-state index in [1.807, 2.05) is 35.2 Å². The lowest BCUT2D eigenvalue weighted by Crippen LogP contribution is -2.47. The fourth-order valence-electron chi connectivity index (χ4n) is 2.26. The number of rotatable bonds is 4. The molecule has 0 saturated carbocycles. The number of nitrogens with two attached hydrogens (primary N) is 1. The third-order valence-corrected chi connectivity index (χ3v) is 3.27. The van der Waals surface area contributed by atoms with Gasteiger partial charge in [-0.15, -0.1) is 6.58 Å². The predicted molar refractivity (Wildman–Crippen MR) is 68.2 cm³/mol. The van der Waals surface area contributed by atoms with Gasteiger partial charge < -0.3 is 10.6 Å². The number of benzene rings is 1. The largest absolute Gasteiger partial charge is 0.337 e. The van der Waals surface area contributed by atoms with Crippen LogP contribution in [0, 0.1) is 0 Å². The molecule has 1 aromatic carbocycles. The SMILES string of the molecule is C=CCC1(N)CCN(Cc2ccccc2)C1=O. The van der Waals surface area contributed by atoms with Gasteiger partial charge in [-0.1, -0.05) is 36.4 Å². The summed E-state index contributed by atoms with van der Waals surface area (Å²) >= 11 is 0. The van der Waals surface area contributed by atoms with Crippen molar-refractivity contribution >= 4 is 5.91 Å². The van der Waals surface area contributed by atoms with E-state index in [-0.39, 0.29) is 5.91 Å². The van der Waals surface area contributed by atoms with Gasteiger partial charge in [0.1, 0.15) is 5.54 Å². The molecule has 0 spiro atoms. The van der Waals surface area contributed by atoms with Crippen molar-refractivity contribution < 1.29 is 4.79 Å². The maximum atomic E-state index is 12.2. The van der Waals surface area contributed by atoms with E-state index in [1.54, 1.807) is 6.08 Å². The van der Waals surface area contributed by atoms with Gasteiger partial charge in [-0.05, 0) is 18.4 Å². The van der Waals surface area contributed by atoms with Crippen LogP contribution in [0.25, 0.3) is 0 Å². The van der Waals surface area contributed by atoms with Crippen LogP contribution in [0.3, 0.4) is 0 Å². The summed E-state index contributed by atoms with van der Waals surface area (Å²) in [6.07, 6.45) is 2.99. The normalized spacial score (nSPS) is 24.1. The molecular formula is C14H18N2O. The molecule has 90 valence electrons. The maximum Gasteiger partial charge on any atom is 0.243 e. The zero-order valence-electron chi connectivity index (χ0n) is 9.93. The molecule has 1 aliphatic heterocycles. The summed E-state index contributed by atoms with van der Waals surface area (Å²) in [6, 6.07) is 9.99. The summed E-state index contributed by atoms with van der Waals surface area (Å²) in [5.74, 6) is 0.0428. The van der Waals surface area contributed by atoms with E-state index in [9.17, 15) is 4.79 Å². The van der Waals surface area contributed by atoms with E-state index < -0.39 is 5.54 Å². The molecule has 1 amide bonds. The highest BCUT2D eigenvalue weighted by Crippen LogP contribution is 2.25. The molecule has 0 radical (unpaired) electrons. The molecule has 1 aromatic rings. The number of nitrogens with zero attached hydrogens (tertiary/aromatic N) is 1. The van der Waals surface area contributed by atoms with Crippen molar-refractivity contribution in [2.75, 3.05) is 6.54 Å². The van der Waals surface area contributed by atoms with Gasteiger partial charge in [0.05, 0.1) is 0 Å². The first-order valence-corrected chi connectivity index (χ1v) is 5.89. The van der Waals surface area contributed by atoms with Crippen LogP contribution in [-0.4, -0.2) is 22.9 Å². The second-order valence-corrected chi connectivity index (χ2v) is 4.61. The first kappa shape index (κ1) is 11.9. The fraction of sp³-hybridized carbons (Fsp3) is 0.357. The minimum atomic E-state index is -0.726. The average molecular weight is 230 g/mol. The summed E-state index contributed by atoms with van der Waals surface area (Å²) in [4.78, 5) is 14.0. The molecule has 1 atom stereocenters. The Bertz CT molecular complexity index is 415. The van der Waals surface area contributed by atoms with E-state index in [0.29, 0.717) is 19.4 Å². The second kappa shape index (κ2) is 4.72. The Kier molecular flexibility index (Phi) is 3.29. The van der Waals surface area contributed by atoms with Crippen molar-refractivity contribution in [2.24, 2.45) is 5.73 Å². The molecule has 1 saturated heterocycles. The zero-order valence-corrected chi connectivity index (χ0v) is 9.93. The lowest BCUT2D eigenvalue weighted by molar-refractivity contribution is -0.132. The second-order valence-electron chi connectivity index (χ2n) is 4.61. The van der Waals surface area contributed by atoms with E-state index in [4.69, 9.17) is 5.73 Å². The zero-order chi connectivity index (χ0) is 12.3. The highest BCUT2D eigenvalue weighted by atomic mass is 16.2. The Labute approximate surface area is 102 Å².